The Morgan fingerprint density at radius 1 is 1.40 bits per heavy atom. The van der Waals surface area contributed by atoms with Crippen molar-refractivity contribution >= 4 is 11.7 Å². The van der Waals surface area contributed by atoms with E-state index in [1.165, 1.54) is 0 Å². The average molecular weight is 203 g/mol. The molecule has 0 radical (unpaired) electrons. The van der Waals surface area contributed by atoms with Crippen molar-refractivity contribution in [3.8, 4) is 11.8 Å². The van der Waals surface area contributed by atoms with Crippen LogP contribution in [0.3, 0.4) is 0 Å². The molecule has 0 amide bonds. The number of carbonyl (C=O) groups is 1. The van der Waals surface area contributed by atoms with Crippen molar-refractivity contribution < 1.29 is 9.90 Å². The second-order valence-electron chi connectivity index (χ2n) is 3.40. The van der Waals surface area contributed by atoms with Crippen molar-refractivity contribution in [1.29, 1.82) is 0 Å². The maximum atomic E-state index is 10.3. The molecular formula is C12H13NO2. The van der Waals surface area contributed by atoms with Gasteiger partial charge in [-0.1, -0.05) is 11.8 Å². The first-order valence-electron chi connectivity index (χ1n) is 4.58. The van der Waals surface area contributed by atoms with Gasteiger partial charge in [-0.2, -0.15) is 0 Å². The van der Waals surface area contributed by atoms with Crippen molar-refractivity contribution in [3.05, 3.63) is 28.8 Å². The zero-order chi connectivity index (χ0) is 11.4. The van der Waals surface area contributed by atoms with Crippen molar-refractivity contribution in [2.75, 3.05) is 5.73 Å². The summed E-state index contributed by atoms with van der Waals surface area (Å²) in [5, 5.41) is 8.45. The fraction of sp³-hybridized carbons (Fsp3) is 0.250. The van der Waals surface area contributed by atoms with Gasteiger partial charge in [0, 0.05) is 11.3 Å². The monoisotopic (exact) mass is 203 g/mol. The molecule has 3 N–H and O–H groups in total. The molecule has 15 heavy (non-hydrogen) atoms. The lowest BCUT2D eigenvalue weighted by atomic mass is 10.0. The number of nitrogens with two attached hydrogens (primary N) is 1. The quantitative estimate of drug-likeness (QED) is 0.539. The number of nitrogen functional groups attached to an aromatic ring is 1. The second-order valence-corrected chi connectivity index (χ2v) is 3.40. The van der Waals surface area contributed by atoms with Crippen LogP contribution in [0.1, 0.15) is 23.1 Å². The van der Waals surface area contributed by atoms with Crippen LogP contribution in [0.2, 0.25) is 0 Å². The number of rotatable bonds is 1. The number of hydrogen-bond donors (Lipinski definition) is 2. The summed E-state index contributed by atoms with van der Waals surface area (Å²) in [5.41, 5.74) is 9.19. The van der Waals surface area contributed by atoms with Gasteiger partial charge < -0.3 is 10.8 Å². The van der Waals surface area contributed by atoms with Crippen LogP contribution in [-0.2, 0) is 4.79 Å². The molecule has 0 fully saturated rings. The molecule has 0 aromatic heterocycles. The lowest BCUT2D eigenvalue weighted by Crippen LogP contribution is -1.94. The molecule has 0 aliphatic heterocycles. The van der Waals surface area contributed by atoms with Crippen molar-refractivity contribution in [3.63, 3.8) is 0 Å². The summed E-state index contributed by atoms with van der Waals surface area (Å²) in [4.78, 5) is 10.3. The van der Waals surface area contributed by atoms with E-state index in [-0.39, 0.29) is 6.42 Å². The van der Waals surface area contributed by atoms with Crippen molar-refractivity contribution in [2.45, 2.75) is 20.3 Å². The van der Waals surface area contributed by atoms with Gasteiger partial charge in [-0.25, -0.2) is 0 Å². The molecule has 0 saturated heterocycles. The lowest BCUT2D eigenvalue weighted by molar-refractivity contribution is -0.135. The summed E-state index contributed by atoms with van der Waals surface area (Å²) in [7, 11) is 0. The fourth-order valence-electron chi connectivity index (χ4n) is 1.40. The standard InChI is InChI=1S/C12H13NO2/c1-8-6-10(13)7-9(2)11(8)4-3-5-12(14)15/h6-7H,5,13H2,1-2H3,(H,14,15). The van der Waals surface area contributed by atoms with Crippen molar-refractivity contribution in [1.82, 2.24) is 0 Å². The van der Waals surface area contributed by atoms with E-state index in [2.05, 4.69) is 11.8 Å². The first-order valence-corrected chi connectivity index (χ1v) is 4.58. The Balaban J connectivity index is 3.03. The van der Waals surface area contributed by atoms with E-state index in [0.29, 0.717) is 5.69 Å². The highest BCUT2D eigenvalue weighted by Gasteiger charge is 2.00. The third kappa shape index (κ3) is 3.03. The molecule has 0 aliphatic rings. The van der Waals surface area contributed by atoms with Gasteiger partial charge in [0.1, 0.15) is 6.42 Å². The number of carboxylic acid groups (broad SMARTS) is 1. The Kier molecular flexibility index (Phi) is 3.35. The Morgan fingerprint density at radius 2 is 1.93 bits per heavy atom. The minimum absolute atomic E-state index is 0.136. The smallest absolute Gasteiger partial charge is 0.315 e. The third-order valence-corrected chi connectivity index (χ3v) is 2.01. The topological polar surface area (TPSA) is 63.3 Å². The molecule has 78 valence electrons. The van der Waals surface area contributed by atoms with Crippen LogP contribution >= 0.6 is 0 Å². The fourth-order valence-corrected chi connectivity index (χ4v) is 1.40. The highest BCUT2D eigenvalue weighted by molar-refractivity contribution is 5.70. The average Bonchev–Trinajstić information content (AvgIpc) is 2.08. The first-order chi connectivity index (χ1) is 7.00. The molecule has 0 heterocycles. The molecule has 0 unspecified atom stereocenters. The van der Waals surface area contributed by atoms with Crippen LogP contribution in [0.4, 0.5) is 5.69 Å². The lowest BCUT2D eigenvalue weighted by Gasteiger charge is -2.04. The molecule has 0 spiro atoms. The molecule has 0 saturated carbocycles. The summed E-state index contributed by atoms with van der Waals surface area (Å²) in [6, 6.07) is 3.66. The molecule has 1 aromatic rings. The SMILES string of the molecule is Cc1cc(N)cc(C)c1C#CCC(=O)O. The van der Waals surface area contributed by atoms with E-state index in [1.54, 1.807) is 0 Å². The summed E-state index contributed by atoms with van der Waals surface area (Å²) in [5.74, 6) is 4.56. The molecule has 3 heteroatoms. The van der Waals surface area contributed by atoms with Crippen LogP contribution < -0.4 is 5.73 Å². The summed E-state index contributed by atoms with van der Waals surface area (Å²) in [6.07, 6.45) is -0.136. The van der Waals surface area contributed by atoms with Gasteiger partial charge in [-0.3, -0.25) is 4.79 Å². The van der Waals surface area contributed by atoms with Crippen molar-refractivity contribution in [2.24, 2.45) is 0 Å². The minimum atomic E-state index is -0.909. The van der Waals surface area contributed by atoms with Gasteiger partial charge >= 0.3 is 5.97 Å². The number of hydrogen-bond acceptors (Lipinski definition) is 2. The van der Waals surface area contributed by atoms with Crippen LogP contribution in [0.15, 0.2) is 12.1 Å². The summed E-state index contributed by atoms with van der Waals surface area (Å²) >= 11 is 0. The van der Waals surface area contributed by atoms with Gasteiger partial charge in [-0.15, -0.1) is 0 Å². The Hall–Kier alpha value is -1.95. The highest BCUT2D eigenvalue weighted by Crippen LogP contribution is 2.16. The minimum Gasteiger partial charge on any atom is -0.481 e. The van der Waals surface area contributed by atoms with Crippen LogP contribution in [0.25, 0.3) is 0 Å². The van der Waals surface area contributed by atoms with E-state index in [0.717, 1.165) is 16.7 Å². The second kappa shape index (κ2) is 4.52. The van der Waals surface area contributed by atoms with Gasteiger partial charge in [0.2, 0.25) is 0 Å². The van der Waals surface area contributed by atoms with Crippen LogP contribution in [0.5, 0.6) is 0 Å². The number of anilines is 1. The third-order valence-electron chi connectivity index (χ3n) is 2.01. The Labute approximate surface area is 88.9 Å². The first kappa shape index (κ1) is 11.1. The molecule has 0 bridgehead atoms. The van der Waals surface area contributed by atoms with Gasteiger partial charge in [0.05, 0.1) is 0 Å². The molecule has 3 nitrogen and oxygen atoms in total. The van der Waals surface area contributed by atoms with Gasteiger partial charge in [0.15, 0.2) is 0 Å². The zero-order valence-corrected chi connectivity index (χ0v) is 8.79. The molecular weight excluding hydrogens is 190 g/mol. The predicted molar refractivity (Wildman–Crippen MR) is 59.5 cm³/mol. The maximum Gasteiger partial charge on any atom is 0.315 e. The number of aryl methyl sites for hydroxylation is 2. The maximum absolute atomic E-state index is 10.3. The number of carboxylic acids is 1. The number of aliphatic carboxylic acids is 1. The van der Waals surface area contributed by atoms with Gasteiger partial charge in [-0.05, 0) is 37.1 Å². The van der Waals surface area contributed by atoms with E-state index in [9.17, 15) is 4.79 Å². The molecule has 1 aromatic carbocycles. The zero-order valence-electron chi connectivity index (χ0n) is 8.79. The van der Waals surface area contributed by atoms with Crippen LogP contribution in [-0.4, -0.2) is 11.1 Å². The number of benzene rings is 1. The molecule has 0 atom stereocenters. The van der Waals surface area contributed by atoms with E-state index in [4.69, 9.17) is 10.8 Å². The van der Waals surface area contributed by atoms with Gasteiger partial charge in [0.25, 0.3) is 0 Å². The summed E-state index contributed by atoms with van der Waals surface area (Å²) < 4.78 is 0. The highest BCUT2D eigenvalue weighted by atomic mass is 16.4. The normalized spacial score (nSPS) is 9.20. The molecule has 0 aliphatic carbocycles. The van der Waals surface area contributed by atoms with E-state index in [1.807, 2.05) is 26.0 Å². The van der Waals surface area contributed by atoms with Crippen LogP contribution in [0, 0.1) is 25.7 Å². The van der Waals surface area contributed by atoms with E-state index >= 15 is 0 Å². The Morgan fingerprint density at radius 3 is 2.40 bits per heavy atom. The predicted octanol–water partition coefficient (Wildman–Crippen LogP) is 1.71. The summed E-state index contributed by atoms with van der Waals surface area (Å²) in [6.45, 7) is 3.82. The molecule has 1 rings (SSSR count). The van der Waals surface area contributed by atoms with E-state index < -0.39 is 5.97 Å². The Bertz CT molecular complexity index is 429. The largest absolute Gasteiger partial charge is 0.481 e.